The van der Waals surface area contributed by atoms with Gasteiger partial charge in [0.2, 0.25) is 5.91 Å². The third kappa shape index (κ3) is 5.76. The molecule has 1 aromatic rings. The van der Waals surface area contributed by atoms with Gasteiger partial charge < -0.3 is 15.4 Å². The molecule has 4 heteroatoms. The lowest BCUT2D eigenvalue weighted by atomic mass is 9.85. The zero-order chi connectivity index (χ0) is 15.9. The van der Waals surface area contributed by atoms with E-state index in [4.69, 9.17) is 4.74 Å². The quantitative estimate of drug-likeness (QED) is 0.760. The largest absolute Gasteiger partial charge is 0.385 e. The topological polar surface area (TPSA) is 50.4 Å². The summed E-state index contributed by atoms with van der Waals surface area (Å²) in [5.74, 6) is 0.00909. The molecule has 1 rings (SSSR count). The van der Waals surface area contributed by atoms with E-state index in [0.717, 1.165) is 12.1 Å². The van der Waals surface area contributed by atoms with Gasteiger partial charge in [0.15, 0.2) is 0 Å². The monoisotopic (exact) mass is 292 g/mol. The van der Waals surface area contributed by atoms with Crippen molar-refractivity contribution in [2.45, 2.75) is 45.6 Å². The van der Waals surface area contributed by atoms with E-state index < -0.39 is 0 Å². The van der Waals surface area contributed by atoms with Gasteiger partial charge in [-0.3, -0.25) is 4.79 Å². The van der Waals surface area contributed by atoms with Crippen LogP contribution in [0.25, 0.3) is 0 Å². The molecule has 1 aromatic carbocycles. The number of hydrogen-bond acceptors (Lipinski definition) is 3. The number of ether oxygens (including phenoxy) is 1. The number of carbonyl (C=O) groups is 1. The molecule has 1 atom stereocenters. The zero-order valence-corrected chi connectivity index (χ0v) is 13.8. The van der Waals surface area contributed by atoms with Gasteiger partial charge in [-0.15, -0.1) is 0 Å². The SMILES string of the molecule is COCCCNC(=O)C(C)Nc1ccccc1C(C)(C)C. The van der Waals surface area contributed by atoms with Crippen LogP contribution in [0.15, 0.2) is 24.3 Å². The van der Waals surface area contributed by atoms with Crippen molar-refractivity contribution in [1.29, 1.82) is 0 Å². The van der Waals surface area contributed by atoms with Crippen LogP contribution in [-0.2, 0) is 14.9 Å². The number of rotatable bonds is 7. The van der Waals surface area contributed by atoms with Crippen LogP contribution in [0.4, 0.5) is 5.69 Å². The number of anilines is 1. The Hall–Kier alpha value is -1.55. The van der Waals surface area contributed by atoms with Crippen LogP contribution in [0.2, 0.25) is 0 Å². The number of hydrogen-bond donors (Lipinski definition) is 2. The molecule has 4 nitrogen and oxygen atoms in total. The fraction of sp³-hybridized carbons (Fsp3) is 0.588. The molecular weight excluding hydrogens is 264 g/mol. The Morgan fingerprint density at radius 3 is 2.57 bits per heavy atom. The Balaban J connectivity index is 2.62. The molecule has 0 aliphatic rings. The summed E-state index contributed by atoms with van der Waals surface area (Å²) in [7, 11) is 1.66. The predicted octanol–water partition coefficient (Wildman–Crippen LogP) is 2.94. The van der Waals surface area contributed by atoms with Gasteiger partial charge in [0.1, 0.15) is 6.04 Å². The second-order valence-electron chi connectivity index (χ2n) is 6.30. The molecule has 0 radical (unpaired) electrons. The average molecular weight is 292 g/mol. The Labute approximate surface area is 128 Å². The van der Waals surface area contributed by atoms with Crippen molar-refractivity contribution in [3.8, 4) is 0 Å². The maximum absolute atomic E-state index is 12.1. The van der Waals surface area contributed by atoms with Crippen molar-refractivity contribution < 1.29 is 9.53 Å². The van der Waals surface area contributed by atoms with Gasteiger partial charge in [0.05, 0.1) is 0 Å². The standard InChI is InChI=1S/C17H28N2O2/c1-13(16(20)18-11-8-12-21-5)19-15-10-7-6-9-14(15)17(2,3)4/h6-7,9-10,13,19H,8,11-12H2,1-5H3,(H,18,20). The average Bonchev–Trinajstić information content (AvgIpc) is 2.42. The minimum absolute atomic E-state index is 0.00909. The van der Waals surface area contributed by atoms with Gasteiger partial charge in [-0.1, -0.05) is 39.0 Å². The highest BCUT2D eigenvalue weighted by molar-refractivity contribution is 5.84. The van der Waals surface area contributed by atoms with E-state index in [9.17, 15) is 4.79 Å². The molecular formula is C17H28N2O2. The first kappa shape index (κ1) is 17.5. The number of carbonyl (C=O) groups excluding carboxylic acids is 1. The molecule has 0 saturated carbocycles. The number of para-hydroxylation sites is 1. The molecule has 0 heterocycles. The first-order valence-corrected chi connectivity index (χ1v) is 7.49. The summed E-state index contributed by atoms with van der Waals surface area (Å²) >= 11 is 0. The fourth-order valence-electron chi connectivity index (χ4n) is 2.14. The lowest BCUT2D eigenvalue weighted by Gasteiger charge is -2.25. The minimum Gasteiger partial charge on any atom is -0.385 e. The predicted molar refractivity (Wildman–Crippen MR) is 87.7 cm³/mol. The minimum atomic E-state index is -0.268. The first-order valence-electron chi connectivity index (χ1n) is 7.49. The van der Waals surface area contributed by atoms with Crippen LogP contribution >= 0.6 is 0 Å². The Morgan fingerprint density at radius 2 is 1.95 bits per heavy atom. The van der Waals surface area contributed by atoms with Crippen molar-refractivity contribution in [1.82, 2.24) is 5.32 Å². The van der Waals surface area contributed by atoms with Gasteiger partial charge in [0, 0.05) is 25.9 Å². The second-order valence-corrected chi connectivity index (χ2v) is 6.30. The van der Waals surface area contributed by atoms with Crippen LogP contribution < -0.4 is 10.6 Å². The maximum atomic E-state index is 12.1. The molecule has 0 aliphatic heterocycles. The number of benzene rings is 1. The van der Waals surface area contributed by atoms with E-state index in [-0.39, 0.29) is 17.4 Å². The third-order valence-corrected chi connectivity index (χ3v) is 3.32. The summed E-state index contributed by atoms with van der Waals surface area (Å²) in [6.45, 7) is 9.69. The van der Waals surface area contributed by atoms with E-state index in [1.807, 2.05) is 25.1 Å². The highest BCUT2D eigenvalue weighted by Gasteiger charge is 2.20. The molecule has 2 N–H and O–H groups in total. The van der Waals surface area contributed by atoms with Gasteiger partial charge in [0.25, 0.3) is 0 Å². The lowest BCUT2D eigenvalue weighted by Crippen LogP contribution is -2.38. The summed E-state index contributed by atoms with van der Waals surface area (Å²) in [5, 5.41) is 6.23. The number of methoxy groups -OCH3 is 1. The number of nitrogens with one attached hydrogen (secondary N) is 2. The smallest absolute Gasteiger partial charge is 0.242 e. The molecule has 1 unspecified atom stereocenters. The maximum Gasteiger partial charge on any atom is 0.242 e. The number of amides is 1. The molecule has 21 heavy (non-hydrogen) atoms. The first-order chi connectivity index (χ1) is 9.86. The van der Waals surface area contributed by atoms with Crippen molar-refractivity contribution in [2.75, 3.05) is 25.6 Å². The van der Waals surface area contributed by atoms with E-state index in [1.54, 1.807) is 7.11 Å². The lowest BCUT2D eigenvalue weighted by molar-refractivity contribution is -0.121. The summed E-state index contributed by atoms with van der Waals surface area (Å²) in [6, 6.07) is 7.87. The third-order valence-electron chi connectivity index (χ3n) is 3.32. The molecule has 0 bridgehead atoms. The van der Waals surface area contributed by atoms with Crippen LogP contribution in [0.5, 0.6) is 0 Å². The molecule has 0 saturated heterocycles. The molecule has 0 fully saturated rings. The van der Waals surface area contributed by atoms with E-state index in [1.165, 1.54) is 5.56 Å². The Morgan fingerprint density at radius 1 is 1.29 bits per heavy atom. The van der Waals surface area contributed by atoms with Crippen molar-refractivity contribution >= 4 is 11.6 Å². The van der Waals surface area contributed by atoms with Crippen LogP contribution in [0, 0.1) is 0 Å². The van der Waals surface area contributed by atoms with E-state index in [0.29, 0.717) is 13.2 Å². The molecule has 118 valence electrons. The molecule has 1 amide bonds. The highest BCUT2D eigenvalue weighted by atomic mass is 16.5. The van der Waals surface area contributed by atoms with Gasteiger partial charge in [-0.25, -0.2) is 0 Å². The van der Waals surface area contributed by atoms with Crippen LogP contribution in [-0.4, -0.2) is 32.2 Å². The van der Waals surface area contributed by atoms with Crippen LogP contribution in [0.3, 0.4) is 0 Å². The summed E-state index contributed by atoms with van der Waals surface area (Å²) in [5.41, 5.74) is 2.27. The molecule has 0 aromatic heterocycles. The highest BCUT2D eigenvalue weighted by Crippen LogP contribution is 2.29. The Kier molecular flexibility index (Phi) is 6.69. The Bertz CT molecular complexity index is 452. The van der Waals surface area contributed by atoms with Crippen molar-refractivity contribution in [3.05, 3.63) is 29.8 Å². The van der Waals surface area contributed by atoms with Gasteiger partial charge in [-0.05, 0) is 30.4 Å². The molecule has 0 spiro atoms. The van der Waals surface area contributed by atoms with Crippen molar-refractivity contribution in [2.24, 2.45) is 0 Å². The zero-order valence-electron chi connectivity index (χ0n) is 13.8. The van der Waals surface area contributed by atoms with Gasteiger partial charge >= 0.3 is 0 Å². The fourth-order valence-corrected chi connectivity index (χ4v) is 2.14. The summed E-state index contributed by atoms with van der Waals surface area (Å²) in [6.07, 6.45) is 0.827. The van der Waals surface area contributed by atoms with Gasteiger partial charge in [-0.2, -0.15) is 0 Å². The summed E-state index contributed by atoms with van der Waals surface area (Å²) < 4.78 is 4.97. The van der Waals surface area contributed by atoms with E-state index in [2.05, 4.69) is 37.5 Å². The second kappa shape index (κ2) is 8.03. The summed E-state index contributed by atoms with van der Waals surface area (Å²) in [4.78, 5) is 12.1. The normalized spacial score (nSPS) is 12.8. The van der Waals surface area contributed by atoms with Crippen LogP contribution in [0.1, 0.15) is 39.7 Å². The van der Waals surface area contributed by atoms with Crippen molar-refractivity contribution in [3.63, 3.8) is 0 Å². The molecule has 0 aliphatic carbocycles. The van der Waals surface area contributed by atoms with E-state index >= 15 is 0 Å².